The van der Waals surface area contributed by atoms with Gasteiger partial charge >= 0.3 is 0 Å². The van der Waals surface area contributed by atoms with E-state index in [2.05, 4.69) is 5.32 Å². The lowest BCUT2D eigenvalue weighted by Crippen LogP contribution is -2.31. The fourth-order valence-corrected chi connectivity index (χ4v) is 1.86. The van der Waals surface area contributed by atoms with Gasteiger partial charge in [-0.25, -0.2) is 8.78 Å². The zero-order valence-electron chi connectivity index (χ0n) is 9.33. The van der Waals surface area contributed by atoms with Gasteiger partial charge in [0.05, 0.1) is 5.02 Å². The molecule has 1 atom stereocenters. The smallest absolute Gasteiger partial charge is 0.265 e. The Morgan fingerprint density at radius 3 is 2.89 bits per heavy atom. The molecule has 0 amide bonds. The molecule has 2 N–H and O–H groups in total. The second kappa shape index (κ2) is 5.69. The first-order valence-corrected chi connectivity index (χ1v) is 5.70. The number of benzene rings is 1. The summed E-state index contributed by atoms with van der Waals surface area (Å²) >= 11 is 5.96. The van der Waals surface area contributed by atoms with Crippen LogP contribution in [0, 0.1) is 0 Å². The van der Waals surface area contributed by atoms with Crippen molar-refractivity contribution in [3.8, 4) is 11.5 Å². The minimum atomic E-state index is -2.75. The number of hydrogen-bond acceptors (Lipinski definition) is 4. The van der Waals surface area contributed by atoms with Crippen molar-refractivity contribution in [2.75, 3.05) is 13.3 Å². The van der Waals surface area contributed by atoms with Gasteiger partial charge in [-0.15, -0.1) is 0 Å². The molecule has 0 fully saturated rings. The second-order valence-corrected chi connectivity index (χ2v) is 4.25. The Hall–Kier alpha value is -1.11. The third-order valence-electron chi connectivity index (χ3n) is 2.46. The van der Waals surface area contributed by atoms with E-state index in [0.29, 0.717) is 23.1 Å². The van der Waals surface area contributed by atoms with Crippen molar-refractivity contribution in [3.63, 3.8) is 0 Å². The summed E-state index contributed by atoms with van der Waals surface area (Å²) in [5.41, 5.74) is 0.769. The number of aliphatic hydroxyl groups is 1. The normalized spacial score (nSPS) is 15.2. The average Bonchev–Trinajstić information content (AvgIpc) is 2.77. The van der Waals surface area contributed by atoms with E-state index in [0.717, 1.165) is 5.56 Å². The molecule has 0 spiro atoms. The first-order chi connectivity index (χ1) is 8.58. The van der Waals surface area contributed by atoms with Gasteiger partial charge in [-0.2, -0.15) is 0 Å². The molecule has 0 bridgehead atoms. The molecule has 1 aromatic rings. The van der Waals surface area contributed by atoms with Crippen LogP contribution >= 0.6 is 11.6 Å². The Labute approximate surface area is 107 Å². The molecule has 1 heterocycles. The first kappa shape index (κ1) is 13.3. The predicted octanol–water partition coefficient (Wildman–Crippen LogP) is 1.78. The highest BCUT2D eigenvalue weighted by atomic mass is 35.5. The van der Waals surface area contributed by atoms with Crippen molar-refractivity contribution in [1.82, 2.24) is 5.32 Å². The highest BCUT2D eigenvalue weighted by Crippen LogP contribution is 2.39. The van der Waals surface area contributed by atoms with Crippen LogP contribution in [0.1, 0.15) is 5.56 Å². The molecule has 100 valence electrons. The summed E-state index contributed by atoms with van der Waals surface area (Å²) in [4.78, 5) is 0. The summed E-state index contributed by atoms with van der Waals surface area (Å²) in [6.45, 7) is 0.236. The van der Waals surface area contributed by atoms with Crippen molar-refractivity contribution >= 4 is 11.6 Å². The minimum Gasteiger partial charge on any atom is -0.454 e. The van der Waals surface area contributed by atoms with Gasteiger partial charge in [-0.05, 0) is 17.7 Å². The van der Waals surface area contributed by atoms with E-state index in [9.17, 15) is 8.78 Å². The lowest BCUT2D eigenvalue weighted by Gasteiger charge is -2.11. The Morgan fingerprint density at radius 2 is 2.17 bits per heavy atom. The highest BCUT2D eigenvalue weighted by molar-refractivity contribution is 6.32. The molecule has 7 heteroatoms. The molecule has 1 aliphatic rings. The molecule has 0 saturated heterocycles. The van der Waals surface area contributed by atoms with Gasteiger partial charge < -0.3 is 19.9 Å². The van der Waals surface area contributed by atoms with Crippen molar-refractivity contribution in [1.29, 1.82) is 0 Å². The number of aliphatic hydroxyl groups excluding tert-OH is 1. The van der Waals surface area contributed by atoms with Crippen LogP contribution in [0.2, 0.25) is 5.02 Å². The van der Waals surface area contributed by atoms with E-state index < -0.39 is 12.5 Å². The topological polar surface area (TPSA) is 50.7 Å². The van der Waals surface area contributed by atoms with Crippen LogP contribution in [-0.4, -0.2) is 31.0 Å². The van der Waals surface area contributed by atoms with E-state index in [-0.39, 0.29) is 13.3 Å². The number of alkyl halides is 2. The third-order valence-corrected chi connectivity index (χ3v) is 2.74. The fraction of sp³-hybridized carbons (Fsp3) is 0.455. The van der Waals surface area contributed by atoms with Crippen LogP contribution in [0.5, 0.6) is 11.5 Å². The Balaban J connectivity index is 1.92. The molecule has 0 aliphatic carbocycles. The molecule has 0 radical (unpaired) electrons. The molecule has 0 saturated carbocycles. The van der Waals surface area contributed by atoms with Gasteiger partial charge in [-0.3, -0.25) is 0 Å². The van der Waals surface area contributed by atoms with Crippen LogP contribution in [0.3, 0.4) is 0 Å². The molecular weight excluding hydrogens is 268 g/mol. The van der Waals surface area contributed by atoms with Gasteiger partial charge in [0.25, 0.3) is 6.43 Å². The number of nitrogens with one attached hydrogen (secondary N) is 1. The van der Waals surface area contributed by atoms with Gasteiger partial charge in [0, 0.05) is 13.1 Å². The Kier molecular flexibility index (Phi) is 4.21. The monoisotopic (exact) mass is 279 g/mol. The van der Waals surface area contributed by atoms with E-state index in [4.69, 9.17) is 26.2 Å². The zero-order valence-corrected chi connectivity index (χ0v) is 10.1. The fourth-order valence-electron chi connectivity index (χ4n) is 1.58. The summed E-state index contributed by atoms with van der Waals surface area (Å²) in [5.74, 6) is 1.03. The minimum absolute atomic E-state index is 0.121. The SMILES string of the molecule is OC(CNCc1cc(Cl)c2c(c1)OCO2)C(F)F. The summed E-state index contributed by atoms with van der Waals surface area (Å²) in [7, 11) is 0. The van der Waals surface area contributed by atoms with Gasteiger partial charge in [0.1, 0.15) is 6.10 Å². The van der Waals surface area contributed by atoms with E-state index >= 15 is 0 Å². The van der Waals surface area contributed by atoms with Crippen LogP contribution < -0.4 is 14.8 Å². The van der Waals surface area contributed by atoms with Crippen LogP contribution in [0.4, 0.5) is 8.78 Å². The van der Waals surface area contributed by atoms with Crippen molar-refractivity contribution < 1.29 is 23.4 Å². The van der Waals surface area contributed by atoms with E-state index in [1.54, 1.807) is 12.1 Å². The summed E-state index contributed by atoms with van der Waals surface area (Å²) in [6.07, 6.45) is -4.42. The molecular formula is C11H12ClF2NO3. The maximum Gasteiger partial charge on any atom is 0.265 e. The quantitative estimate of drug-likeness (QED) is 0.863. The molecule has 1 unspecified atom stereocenters. The van der Waals surface area contributed by atoms with Crippen molar-refractivity contribution in [2.24, 2.45) is 0 Å². The number of halogens is 3. The molecule has 18 heavy (non-hydrogen) atoms. The lowest BCUT2D eigenvalue weighted by molar-refractivity contribution is -0.00340. The number of fused-ring (bicyclic) bond motifs is 1. The van der Waals surface area contributed by atoms with Crippen LogP contribution in [0.25, 0.3) is 0 Å². The number of rotatable bonds is 5. The molecule has 1 aromatic carbocycles. The largest absolute Gasteiger partial charge is 0.454 e. The zero-order chi connectivity index (χ0) is 13.1. The predicted molar refractivity (Wildman–Crippen MR) is 61.3 cm³/mol. The maximum absolute atomic E-state index is 12.1. The standard InChI is InChI=1S/C11H12ClF2NO3/c12-7-1-6(2-9-10(7)18-5-17-9)3-15-4-8(16)11(13)14/h1-2,8,11,15-16H,3-5H2. The summed E-state index contributed by atoms with van der Waals surface area (Å²) < 4.78 is 34.4. The molecule has 0 aromatic heterocycles. The molecule has 4 nitrogen and oxygen atoms in total. The van der Waals surface area contributed by atoms with Crippen molar-refractivity contribution in [2.45, 2.75) is 19.1 Å². The van der Waals surface area contributed by atoms with Gasteiger partial charge in [-0.1, -0.05) is 11.6 Å². The van der Waals surface area contributed by atoms with E-state index in [1.807, 2.05) is 0 Å². The number of ether oxygens (including phenoxy) is 2. The first-order valence-electron chi connectivity index (χ1n) is 5.33. The Bertz CT molecular complexity index is 431. The van der Waals surface area contributed by atoms with Gasteiger partial charge in [0.2, 0.25) is 6.79 Å². The lowest BCUT2D eigenvalue weighted by atomic mass is 10.2. The average molecular weight is 280 g/mol. The van der Waals surface area contributed by atoms with Gasteiger partial charge in [0.15, 0.2) is 11.5 Å². The molecule has 2 rings (SSSR count). The second-order valence-electron chi connectivity index (χ2n) is 3.84. The third kappa shape index (κ3) is 3.01. The summed E-state index contributed by atoms with van der Waals surface area (Å²) in [5, 5.41) is 12.1. The van der Waals surface area contributed by atoms with Crippen molar-refractivity contribution in [3.05, 3.63) is 22.7 Å². The van der Waals surface area contributed by atoms with Crippen LogP contribution in [-0.2, 0) is 6.54 Å². The maximum atomic E-state index is 12.1. The molecule has 1 aliphatic heterocycles. The summed E-state index contributed by atoms with van der Waals surface area (Å²) in [6, 6.07) is 3.38. The van der Waals surface area contributed by atoms with E-state index in [1.165, 1.54) is 0 Å². The highest BCUT2D eigenvalue weighted by Gasteiger charge is 2.19. The Morgan fingerprint density at radius 1 is 1.39 bits per heavy atom. The van der Waals surface area contributed by atoms with Crippen LogP contribution in [0.15, 0.2) is 12.1 Å². The number of hydrogen-bond donors (Lipinski definition) is 2.